The van der Waals surface area contributed by atoms with E-state index in [9.17, 15) is 10.2 Å². The maximum absolute atomic E-state index is 10.7. The lowest BCUT2D eigenvalue weighted by atomic mass is 9.74. The molecule has 0 spiro atoms. The van der Waals surface area contributed by atoms with E-state index in [-0.39, 0.29) is 0 Å². The lowest BCUT2D eigenvalue weighted by Gasteiger charge is -2.31. The van der Waals surface area contributed by atoms with Gasteiger partial charge in [-0.3, -0.25) is 0 Å². The zero-order valence-electron chi connectivity index (χ0n) is 15.5. The highest BCUT2D eigenvalue weighted by atomic mass is 16.3. The first kappa shape index (κ1) is 17.4. The van der Waals surface area contributed by atoms with Crippen LogP contribution in [0.1, 0.15) is 58.4 Å². The predicted molar refractivity (Wildman–Crippen MR) is 96.8 cm³/mol. The highest BCUT2D eigenvalue weighted by Crippen LogP contribution is 2.45. The van der Waals surface area contributed by atoms with Crippen LogP contribution in [-0.4, -0.2) is 10.2 Å². The molecule has 0 atom stereocenters. The van der Waals surface area contributed by atoms with Crippen LogP contribution in [0, 0.1) is 41.5 Å². The average Bonchev–Trinajstić information content (AvgIpc) is 2.49. The van der Waals surface area contributed by atoms with Crippen LogP contribution >= 0.6 is 0 Å². The number of rotatable bonds is 2. The Bertz CT molecular complexity index is 718. The molecule has 124 valence electrons. The summed E-state index contributed by atoms with van der Waals surface area (Å²) in [5.41, 5.74) is 7.59. The lowest BCUT2D eigenvalue weighted by Crippen LogP contribution is -2.21. The summed E-state index contributed by atoms with van der Waals surface area (Å²) in [5, 5.41) is 21.4. The van der Waals surface area contributed by atoms with Gasteiger partial charge in [0.2, 0.25) is 0 Å². The fourth-order valence-electron chi connectivity index (χ4n) is 3.23. The van der Waals surface area contributed by atoms with E-state index in [0.717, 1.165) is 44.5 Å². The summed E-state index contributed by atoms with van der Waals surface area (Å²) in [6.45, 7) is 16.2. The molecule has 0 aliphatic rings. The Morgan fingerprint density at radius 1 is 0.609 bits per heavy atom. The molecule has 0 amide bonds. The van der Waals surface area contributed by atoms with Crippen LogP contribution in [0.3, 0.4) is 0 Å². The number of aryl methyl sites for hydroxylation is 2. The van der Waals surface area contributed by atoms with Gasteiger partial charge in [0, 0.05) is 16.5 Å². The van der Waals surface area contributed by atoms with E-state index in [2.05, 4.69) is 27.7 Å². The summed E-state index contributed by atoms with van der Waals surface area (Å²) < 4.78 is 0. The van der Waals surface area contributed by atoms with E-state index in [1.807, 2.05) is 39.8 Å². The highest BCUT2D eigenvalue weighted by molar-refractivity contribution is 5.59. The number of phenolic OH excluding ortho intramolecular Hbond substituents is 2. The minimum absolute atomic E-state index is 0.327. The molecule has 0 saturated heterocycles. The third-order valence-electron chi connectivity index (χ3n) is 5.60. The van der Waals surface area contributed by atoms with Crippen molar-refractivity contribution in [2.75, 3.05) is 0 Å². The number of aromatic hydroxyl groups is 2. The minimum atomic E-state index is -0.486. The van der Waals surface area contributed by atoms with Crippen molar-refractivity contribution in [3.05, 3.63) is 56.6 Å². The standard InChI is InChI=1S/C21H28O2/c1-11-9-17(19(22)15(5)13(11)3)21(7,8)18-10-12(2)14(4)16(6)20(18)23/h9-10,22-23H,1-8H3. The van der Waals surface area contributed by atoms with Crippen molar-refractivity contribution in [3.63, 3.8) is 0 Å². The van der Waals surface area contributed by atoms with Gasteiger partial charge >= 0.3 is 0 Å². The van der Waals surface area contributed by atoms with Crippen LogP contribution in [0.15, 0.2) is 12.1 Å². The van der Waals surface area contributed by atoms with Gasteiger partial charge in [0.25, 0.3) is 0 Å². The molecule has 0 unspecified atom stereocenters. The summed E-state index contributed by atoms with van der Waals surface area (Å²) in [7, 11) is 0. The molecular weight excluding hydrogens is 284 g/mol. The number of benzene rings is 2. The van der Waals surface area contributed by atoms with Gasteiger partial charge in [-0.1, -0.05) is 26.0 Å². The van der Waals surface area contributed by atoms with Crippen LogP contribution in [0.25, 0.3) is 0 Å². The molecular formula is C21H28O2. The SMILES string of the molecule is Cc1cc(C(C)(C)c2cc(C)c(C)c(C)c2O)c(O)c(C)c1C. The minimum Gasteiger partial charge on any atom is -0.507 e. The first-order valence-corrected chi connectivity index (χ1v) is 8.10. The lowest BCUT2D eigenvalue weighted by molar-refractivity contribution is 0.430. The maximum atomic E-state index is 10.7. The van der Waals surface area contributed by atoms with Crippen molar-refractivity contribution < 1.29 is 10.2 Å². The van der Waals surface area contributed by atoms with E-state index in [4.69, 9.17) is 0 Å². The predicted octanol–water partition coefficient (Wildman–Crippen LogP) is 5.27. The molecule has 0 aromatic heterocycles. The van der Waals surface area contributed by atoms with E-state index >= 15 is 0 Å². The van der Waals surface area contributed by atoms with Crippen LogP contribution in [0.2, 0.25) is 0 Å². The fourth-order valence-corrected chi connectivity index (χ4v) is 3.23. The molecule has 2 N–H and O–H groups in total. The quantitative estimate of drug-likeness (QED) is 0.792. The first-order valence-electron chi connectivity index (χ1n) is 8.10. The molecule has 0 aliphatic heterocycles. The molecule has 2 aromatic carbocycles. The number of phenols is 2. The molecule has 0 heterocycles. The van der Waals surface area contributed by atoms with E-state index in [1.54, 1.807) is 0 Å². The number of hydrogen-bond donors (Lipinski definition) is 2. The molecule has 0 aliphatic carbocycles. The molecule has 2 heteroatoms. The zero-order chi connectivity index (χ0) is 17.7. The smallest absolute Gasteiger partial charge is 0.122 e. The second kappa shape index (κ2) is 5.59. The van der Waals surface area contributed by atoms with E-state index < -0.39 is 5.41 Å². The third kappa shape index (κ3) is 2.60. The molecule has 0 bridgehead atoms. The normalized spacial score (nSPS) is 11.8. The molecule has 0 saturated carbocycles. The van der Waals surface area contributed by atoms with Gasteiger partial charge in [-0.25, -0.2) is 0 Å². The fraction of sp³-hybridized carbons (Fsp3) is 0.429. The Labute approximate surface area is 139 Å². The van der Waals surface area contributed by atoms with Gasteiger partial charge in [0.1, 0.15) is 11.5 Å². The molecule has 2 rings (SSSR count). The van der Waals surface area contributed by atoms with Crippen molar-refractivity contribution in [2.45, 2.75) is 60.8 Å². The maximum Gasteiger partial charge on any atom is 0.122 e. The highest BCUT2D eigenvalue weighted by Gasteiger charge is 2.31. The summed E-state index contributed by atoms with van der Waals surface area (Å²) in [4.78, 5) is 0. The van der Waals surface area contributed by atoms with Gasteiger partial charge in [0.05, 0.1) is 0 Å². The van der Waals surface area contributed by atoms with Crippen molar-refractivity contribution in [2.24, 2.45) is 0 Å². The van der Waals surface area contributed by atoms with Crippen molar-refractivity contribution in [1.82, 2.24) is 0 Å². The molecule has 0 radical (unpaired) electrons. The van der Waals surface area contributed by atoms with Gasteiger partial charge in [-0.05, 0) is 74.9 Å². The molecule has 2 aromatic rings. The van der Waals surface area contributed by atoms with Crippen molar-refractivity contribution in [3.8, 4) is 11.5 Å². The third-order valence-corrected chi connectivity index (χ3v) is 5.60. The molecule has 2 nitrogen and oxygen atoms in total. The van der Waals surface area contributed by atoms with Gasteiger partial charge < -0.3 is 10.2 Å². The number of hydrogen-bond acceptors (Lipinski definition) is 2. The Hall–Kier alpha value is -1.96. The van der Waals surface area contributed by atoms with Crippen LogP contribution in [0.5, 0.6) is 11.5 Å². The Kier molecular flexibility index (Phi) is 4.23. The van der Waals surface area contributed by atoms with E-state index in [0.29, 0.717) is 11.5 Å². The summed E-state index contributed by atoms with van der Waals surface area (Å²) in [5.74, 6) is 0.654. The largest absolute Gasteiger partial charge is 0.507 e. The van der Waals surface area contributed by atoms with Crippen LogP contribution < -0.4 is 0 Å². The summed E-state index contributed by atoms with van der Waals surface area (Å²) in [6, 6.07) is 4.09. The van der Waals surface area contributed by atoms with Crippen LogP contribution in [-0.2, 0) is 5.41 Å². The Balaban J connectivity index is 2.79. The topological polar surface area (TPSA) is 40.5 Å². The van der Waals surface area contributed by atoms with Crippen molar-refractivity contribution in [1.29, 1.82) is 0 Å². The van der Waals surface area contributed by atoms with E-state index in [1.165, 1.54) is 0 Å². The van der Waals surface area contributed by atoms with Crippen LogP contribution in [0.4, 0.5) is 0 Å². The summed E-state index contributed by atoms with van der Waals surface area (Å²) >= 11 is 0. The second-order valence-electron chi connectivity index (χ2n) is 7.30. The molecule has 0 fully saturated rings. The van der Waals surface area contributed by atoms with Gasteiger partial charge in [-0.15, -0.1) is 0 Å². The van der Waals surface area contributed by atoms with Crippen molar-refractivity contribution >= 4 is 0 Å². The first-order chi connectivity index (χ1) is 10.5. The van der Waals surface area contributed by atoms with Gasteiger partial charge in [-0.2, -0.15) is 0 Å². The molecule has 23 heavy (non-hydrogen) atoms. The van der Waals surface area contributed by atoms with Gasteiger partial charge in [0.15, 0.2) is 0 Å². The summed E-state index contributed by atoms with van der Waals surface area (Å²) in [6.07, 6.45) is 0. The average molecular weight is 312 g/mol. The monoisotopic (exact) mass is 312 g/mol. The zero-order valence-corrected chi connectivity index (χ0v) is 15.5. The Morgan fingerprint density at radius 2 is 0.913 bits per heavy atom. The second-order valence-corrected chi connectivity index (χ2v) is 7.30. The Morgan fingerprint density at radius 3 is 1.22 bits per heavy atom.